The Labute approximate surface area is 120 Å². The Bertz CT molecular complexity index is 429. The molecule has 2 saturated carbocycles. The van der Waals surface area contributed by atoms with Gasteiger partial charge in [-0.3, -0.25) is 0 Å². The zero-order valence-corrected chi connectivity index (χ0v) is 12.4. The smallest absolute Gasteiger partial charge is 0.0835 e. The van der Waals surface area contributed by atoms with Crippen LogP contribution in [-0.2, 0) is 0 Å². The van der Waals surface area contributed by atoms with Gasteiger partial charge >= 0.3 is 0 Å². The number of nitrogens with one attached hydrogen (secondary N) is 1. The predicted molar refractivity (Wildman–Crippen MR) is 77.0 cm³/mol. The molecule has 4 heteroatoms. The summed E-state index contributed by atoms with van der Waals surface area (Å²) < 4.78 is 0.851. The molecule has 2 aliphatic rings. The van der Waals surface area contributed by atoms with Gasteiger partial charge in [0.15, 0.2) is 0 Å². The first-order chi connectivity index (χ1) is 8.16. The summed E-state index contributed by atoms with van der Waals surface area (Å²) in [7, 11) is 0. The first-order valence-electron chi connectivity index (χ1n) is 6.07. The SMILES string of the molecule is Clc1c(Br)ccc(NC(C2CC2)C2CC2)c1Cl. The number of rotatable bonds is 4. The van der Waals surface area contributed by atoms with E-state index in [-0.39, 0.29) is 0 Å². The van der Waals surface area contributed by atoms with E-state index < -0.39 is 0 Å². The Hall–Kier alpha value is 0.0800. The van der Waals surface area contributed by atoms with Crippen LogP contribution in [0.2, 0.25) is 10.0 Å². The van der Waals surface area contributed by atoms with Crippen LogP contribution in [0.1, 0.15) is 25.7 Å². The van der Waals surface area contributed by atoms with Crippen LogP contribution in [0.3, 0.4) is 0 Å². The van der Waals surface area contributed by atoms with Crippen molar-refractivity contribution in [3.8, 4) is 0 Å². The Kier molecular flexibility index (Phi) is 3.31. The Morgan fingerprint density at radius 2 is 1.65 bits per heavy atom. The van der Waals surface area contributed by atoms with E-state index in [0.29, 0.717) is 16.1 Å². The molecule has 1 N–H and O–H groups in total. The summed E-state index contributed by atoms with van der Waals surface area (Å²) in [5, 5.41) is 4.83. The fourth-order valence-corrected chi connectivity index (χ4v) is 3.18. The molecule has 0 atom stereocenters. The monoisotopic (exact) mass is 333 g/mol. The van der Waals surface area contributed by atoms with E-state index in [2.05, 4.69) is 21.2 Å². The van der Waals surface area contributed by atoms with Crippen LogP contribution >= 0.6 is 39.1 Å². The lowest BCUT2D eigenvalue weighted by molar-refractivity contribution is 0.568. The van der Waals surface area contributed by atoms with Gasteiger partial charge in [-0.15, -0.1) is 0 Å². The Morgan fingerprint density at radius 3 is 2.18 bits per heavy atom. The Balaban J connectivity index is 1.81. The highest BCUT2D eigenvalue weighted by atomic mass is 79.9. The van der Waals surface area contributed by atoms with Crippen LogP contribution < -0.4 is 5.32 Å². The van der Waals surface area contributed by atoms with Crippen LogP contribution in [-0.4, -0.2) is 6.04 Å². The fraction of sp³-hybridized carbons (Fsp3) is 0.538. The molecular formula is C13H14BrCl2N. The van der Waals surface area contributed by atoms with Gasteiger partial charge in [0.05, 0.1) is 15.7 Å². The molecule has 0 amide bonds. The molecule has 0 bridgehead atoms. The second-order valence-corrected chi connectivity index (χ2v) is 6.68. The van der Waals surface area contributed by atoms with Gasteiger partial charge in [-0.2, -0.15) is 0 Å². The summed E-state index contributed by atoms with van der Waals surface area (Å²) in [6, 6.07) is 4.56. The van der Waals surface area contributed by atoms with Crippen LogP contribution in [0.15, 0.2) is 16.6 Å². The van der Waals surface area contributed by atoms with Crippen LogP contribution in [0.4, 0.5) is 5.69 Å². The molecule has 1 nitrogen and oxygen atoms in total. The molecule has 2 fully saturated rings. The first kappa shape index (κ1) is 12.1. The molecule has 0 aliphatic heterocycles. The van der Waals surface area contributed by atoms with Gasteiger partial charge in [0.2, 0.25) is 0 Å². The minimum Gasteiger partial charge on any atom is -0.381 e. The van der Waals surface area contributed by atoms with Crippen molar-refractivity contribution in [1.29, 1.82) is 0 Å². The summed E-state index contributed by atoms with van der Waals surface area (Å²) in [6.07, 6.45) is 5.43. The maximum atomic E-state index is 6.27. The lowest BCUT2D eigenvalue weighted by Gasteiger charge is -2.20. The Morgan fingerprint density at radius 1 is 1.06 bits per heavy atom. The van der Waals surface area contributed by atoms with Gasteiger partial charge < -0.3 is 5.32 Å². The van der Waals surface area contributed by atoms with Crippen LogP contribution in [0.5, 0.6) is 0 Å². The van der Waals surface area contributed by atoms with Gasteiger partial charge in [-0.05, 0) is 65.6 Å². The minimum atomic E-state index is 0.599. The number of anilines is 1. The lowest BCUT2D eigenvalue weighted by Crippen LogP contribution is -2.24. The van der Waals surface area contributed by atoms with Crippen molar-refractivity contribution in [2.24, 2.45) is 11.8 Å². The van der Waals surface area contributed by atoms with Crippen molar-refractivity contribution >= 4 is 44.8 Å². The van der Waals surface area contributed by atoms with Crippen LogP contribution in [0, 0.1) is 11.8 Å². The average molecular weight is 335 g/mol. The van der Waals surface area contributed by atoms with Crippen molar-refractivity contribution in [2.75, 3.05) is 5.32 Å². The molecule has 2 aliphatic carbocycles. The highest BCUT2D eigenvalue weighted by Crippen LogP contribution is 2.47. The molecule has 0 heterocycles. The number of halogens is 3. The molecule has 92 valence electrons. The molecule has 0 spiro atoms. The second-order valence-electron chi connectivity index (χ2n) is 5.07. The van der Waals surface area contributed by atoms with Crippen molar-refractivity contribution in [1.82, 2.24) is 0 Å². The average Bonchev–Trinajstić information content (AvgIpc) is 3.16. The van der Waals surface area contributed by atoms with Crippen molar-refractivity contribution < 1.29 is 0 Å². The molecule has 1 aromatic carbocycles. The van der Waals surface area contributed by atoms with E-state index in [1.807, 2.05) is 12.1 Å². The maximum absolute atomic E-state index is 6.27. The third kappa shape index (κ3) is 2.59. The van der Waals surface area contributed by atoms with Crippen LogP contribution in [0.25, 0.3) is 0 Å². The molecule has 0 saturated heterocycles. The van der Waals surface area contributed by atoms with Gasteiger partial charge in [-0.1, -0.05) is 23.2 Å². The zero-order chi connectivity index (χ0) is 12.0. The number of hydrogen-bond acceptors (Lipinski definition) is 1. The van der Waals surface area contributed by atoms with Gasteiger partial charge in [-0.25, -0.2) is 0 Å². The molecule has 1 aromatic rings. The van der Waals surface area contributed by atoms with E-state index >= 15 is 0 Å². The summed E-state index contributed by atoms with van der Waals surface area (Å²) in [5.41, 5.74) is 0.976. The summed E-state index contributed by atoms with van der Waals surface area (Å²) in [5.74, 6) is 1.70. The molecule has 0 unspecified atom stereocenters. The third-order valence-corrected chi connectivity index (χ3v) is 5.39. The van der Waals surface area contributed by atoms with Gasteiger partial charge in [0.1, 0.15) is 0 Å². The van der Waals surface area contributed by atoms with Gasteiger partial charge in [0.25, 0.3) is 0 Å². The third-order valence-electron chi connectivity index (χ3n) is 3.62. The summed E-state index contributed by atoms with van der Waals surface area (Å²) >= 11 is 15.8. The highest BCUT2D eigenvalue weighted by molar-refractivity contribution is 9.10. The van der Waals surface area contributed by atoms with E-state index in [1.54, 1.807) is 0 Å². The molecule has 17 heavy (non-hydrogen) atoms. The molecule has 0 radical (unpaired) electrons. The summed E-state index contributed by atoms with van der Waals surface area (Å²) in [4.78, 5) is 0. The van der Waals surface area contributed by atoms with E-state index in [0.717, 1.165) is 22.0 Å². The second kappa shape index (κ2) is 4.64. The van der Waals surface area contributed by atoms with Crippen molar-refractivity contribution in [2.45, 2.75) is 31.7 Å². The predicted octanol–water partition coefficient (Wildman–Crippen LogP) is 5.36. The fourth-order valence-electron chi connectivity index (χ4n) is 2.35. The van der Waals surface area contributed by atoms with Gasteiger partial charge in [0, 0.05) is 10.5 Å². The van der Waals surface area contributed by atoms with Crippen molar-refractivity contribution in [3.05, 3.63) is 26.7 Å². The molecular weight excluding hydrogens is 321 g/mol. The molecule has 3 rings (SSSR count). The summed E-state index contributed by atoms with van der Waals surface area (Å²) in [6.45, 7) is 0. The van der Waals surface area contributed by atoms with E-state index in [1.165, 1.54) is 25.7 Å². The standard InChI is InChI=1S/C13H14BrCl2N/c14-9-5-6-10(12(16)11(9)15)17-13(7-1-2-7)8-3-4-8/h5-8,13,17H,1-4H2. The van der Waals surface area contributed by atoms with E-state index in [9.17, 15) is 0 Å². The largest absolute Gasteiger partial charge is 0.381 e. The minimum absolute atomic E-state index is 0.599. The highest BCUT2D eigenvalue weighted by Gasteiger charge is 2.41. The quantitative estimate of drug-likeness (QED) is 0.731. The molecule has 0 aromatic heterocycles. The van der Waals surface area contributed by atoms with Crippen molar-refractivity contribution in [3.63, 3.8) is 0 Å². The normalized spacial score (nSPS) is 19.8. The topological polar surface area (TPSA) is 12.0 Å². The first-order valence-corrected chi connectivity index (χ1v) is 7.61. The maximum Gasteiger partial charge on any atom is 0.0835 e. The van der Waals surface area contributed by atoms with E-state index in [4.69, 9.17) is 23.2 Å². The number of hydrogen-bond donors (Lipinski definition) is 1. The zero-order valence-electron chi connectivity index (χ0n) is 9.35. The number of benzene rings is 1. The lowest BCUT2D eigenvalue weighted by atomic mass is 10.1.